The van der Waals surface area contributed by atoms with Crippen LogP contribution in [0, 0.1) is 0 Å². The van der Waals surface area contributed by atoms with E-state index >= 15 is 0 Å². The number of anilines is 2. The number of amides is 2. The van der Waals surface area contributed by atoms with Crippen molar-refractivity contribution in [2.75, 3.05) is 23.3 Å². The number of hydrogen-bond donors (Lipinski definition) is 2. The van der Waals surface area contributed by atoms with Crippen molar-refractivity contribution in [1.29, 1.82) is 0 Å². The Morgan fingerprint density at radius 1 is 1.26 bits per heavy atom. The van der Waals surface area contributed by atoms with Crippen LogP contribution >= 0.6 is 0 Å². The van der Waals surface area contributed by atoms with Gasteiger partial charge < -0.3 is 20.1 Å². The molecule has 8 heteroatoms. The fourth-order valence-electron chi connectivity index (χ4n) is 4.41. The van der Waals surface area contributed by atoms with Gasteiger partial charge in [-0.1, -0.05) is 13.0 Å². The molecule has 4 heterocycles. The number of nitrogens with one attached hydrogen (secondary N) is 2. The summed E-state index contributed by atoms with van der Waals surface area (Å²) >= 11 is 0. The fourth-order valence-corrected chi connectivity index (χ4v) is 4.41. The number of carbonyl (C=O) groups excluding carboxylic acids is 2. The molecule has 2 amide bonds. The van der Waals surface area contributed by atoms with Crippen LogP contribution in [0.25, 0.3) is 22.3 Å². The molecule has 0 saturated carbocycles. The lowest BCUT2D eigenvalue weighted by molar-refractivity contribution is -0.133. The Bertz CT molecular complexity index is 1120. The van der Waals surface area contributed by atoms with Gasteiger partial charge in [-0.05, 0) is 32.0 Å². The van der Waals surface area contributed by atoms with Crippen LogP contribution in [0.1, 0.15) is 35.5 Å². The zero-order valence-electron chi connectivity index (χ0n) is 18.3. The van der Waals surface area contributed by atoms with Crippen LogP contribution in [0.3, 0.4) is 0 Å². The third-order valence-electron chi connectivity index (χ3n) is 5.75. The first-order chi connectivity index (χ1) is 14.9. The maximum absolute atomic E-state index is 12.0. The van der Waals surface area contributed by atoms with E-state index in [-0.39, 0.29) is 25.3 Å². The van der Waals surface area contributed by atoms with Gasteiger partial charge in [-0.15, -0.1) is 0 Å². The number of piperazine rings is 1. The van der Waals surface area contributed by atoms with E-state index in [1.165, 1.54) is 0 Å². The minimum absolute atomic E-state index is 0. The monoisotopic (exact) mass is 422 g/mol. The van der Waals surface area contributed by atoms with Crippen LogP contribution in [-0.2, 0) is 9.59 Å². The molecule has 0 aliphatic carbocycles. The van der Waals surface area contributed by atoms with Gasteiger partial charge in [-0.3, -0.25) is 9.59 Å². The van der Waals surface area contributed by atoms with Crippen LogP contribution in [0.2, 0.25) is 0 Å². The van der Waals surface area contributed by atoms with E-state index in [0.717, 1.165) is 41.2 Å². The Morgan fingerprint density at radius 2 is 2.00 bits per heavy atom. The Balaban J connectivity index is 0.00000289. The zero-order valence-corrected chi connectivity index (χ0v) is 18.3. The summed E-state index contributed by atoms with van der Waals surface area (Å²) in [6.45, 7) is 9.07. The molecule has 0 spiro atoms. The first-order valence-corrected chi connectivity index (χ1v) is 10.7. The molecule has 1 aliphatic rings. The van der Waals surface area contributed by atoms with Gasteiger partial charge >= 0.3 is 0 Å². The van der Waals surface area contributed by atoms with E-state index in [1.54, 1.807) is 13.1 Å². The Hall–Kier alpha value is -3.42. The maximum Gasteiger partial charge on any atom is 0.224 e. The number of pyridine rings is 2. The molecule has 1 aliphatic heterocycles. The van der Waals surface area contributed by atoms with Gasteiger partial charge in [0.15, 0.2) is 0 Å². The number of fused-ring (bicyclic) bond motifs is 1. The van der Waals surface area contributed by atoms with Crippen LogP contribution in [0.5, 0.6) is 0 Å². The highest BCUT2D eigenvalue weighted by atomic mass is 16.2. The summed E-state index contributed by atoms with van der Waals surface area (Å²) in [6.07, 6.45) is 3.96. The van der Waals surface area contributed by atoms with E-state index in [4.69, 9.17) is 4.98 Å². The Morgan fingerprint density at radius 3 is 2.68 bits per heavy atom. The van der Waals surface area contributed by atoms with Crippen molar-refractivity contribution < 1.29 is 11.0 Å². The van der Waals surface area contributed by atoms with Crippen LogP contribution in [-0.4, -0.2) is 56.8 Å². The van der Waals surface area contributed by atoms with E-state index in [9.17, 15) is 9.59 Å². The molecular formula is C23H30N6O2. The van der Waals surface area contributed by atoms with E-state index < -0.39 is 0 Å². The minimum atomic E-state index is -0.0497. The summed E-state index contributed by atoms with van der Waals surface area (Å²) in [4.78, 5) is 40.4. The molecule has 1 fully saturated rings. The highest BCUT2D eigenvalue weighted by Gasteiger charge is 2.31. The lowest BCUT2D eigenvalue weighted by atomic mass is 10.1. The van der Waals surface area contributed by atoms with Crippen LogP contribution in [0.15, 0.2) is 36.7 Å². The number of hydrogen-bond acceptors (Lipinski definition) is 5. The lowest BCUT2D eigenvalue weighted by Crippen LogP contribution is -2.58. The molecule has 0 unspecified atom stereocenters. The summed E-state index contributed by atoms with van der Waals surface area (Å²) in [7, 11) is 0. The highest BCUT2D eigenvalue weighted by Crippen LogP contribution is 2.30. The number of carbonyl (C=O) groups is 2. The molecule has 8 nitrogen and oxygen atoms in total. The molecule has 0 bridgehead atoms. The van der Waals surface area contributed by atoms with E-state index in [2.05, 4.69) is 34.0 Å². The van der Waals surface area contributed by atoms with E-state index in [0.29, 0.717) is 12.1 Å². The van der Waals surface area contributed by atoms with Crippen molar-refractivity contribution in [2.24, 2.45) is 0 Å². The summed E-state index contributed by atoms with van der Waals surface area (Å²) in [5, 5.41) is 3.77. The predicted octanol–water partition coefficient (Wildman–Crippen LogP) is 3.66. The van der Waals surface area contributed by atoms with Crippen LogP contribution in [0.4, 0.5) is 11.5 Å². The van der Waals surface area contributed by atoms with Crippen molar-refractivity contribution in [1.82, 2.24) is 19.9 Å². The third-order valence-corrected chi connectivity index (χ3v) is 5.75. The average molecular weight is 423 g/mol. The summed E-state index contributed by atoms with van der Waals surface area (Å²) in [6, 6.07) is 8.14. The molecule has 4 rings (SSSR count). The minimum Gasteiger partial charge on any atom is -0.352 e. The molecule has 2 atom stereocenters. The van der Waals surface area contributed by atoms with Crippen molar-refractivity contribution in [2.45, 2.75) is 46.2 Å². The summed E-state index contributed by atoms with van der Waals surface area (Å²) < 4.78 is 0. The molecule has 1 saturated heterocycles. The third kappa shape index (κ3) is 4.10. The molecule has 164 valence electrons. The summed E-state index contributed by atoms with van der Waals surface area (Å²) in [5.74, 6) is 0.946. The number of nitrogens with zero attached hydrogens (tertiary/aromatic N) is 4. The first-order valence-electron chi connectivity index (χ1n) is 10.7. The topological polar surface area (TPSA) is 94.2 Å². The predicted molar refractivity (Wildman–Crippen MR) is 124 cm³/mol. The highest BCUT2D eigenvalue weighted by molar-refractivity contribution is 5.97. The smallest absolute Gasteiger partial charge is 0.224 e. The quantitative estimate of drug-likeness (QED) is 0.669. The Kier molecular flexibility index (Phi) is 5.63. The largest absolute Gasteiger partial charge is 0.352 e. The molecule has 31 heavy (non-hydrogen) atoms. The number of aromatic amines is 1. The molecule has 2 N–H and O–H groups in total. The van der Waals surface area contributed by atoms with Crippen molar-refractivity contribution >= 4 is 34.4 Å². The van der Waals surface area contributed by atoms with Crippen molar-refractivity contribution in [3.05, 3.63) is 36.7 Å². The number of H-pyrrole nitrogens is 1. The van der Waals surface area contributed by atoms with Crippen molar-refractivity contribution in [3.63, 3.8) is 0 Å². The van der Waals surface area contributed by atoms with Crippen LogP contribution < -0.4 is 10.2 Å². The van der Waals surface area contributed by atoms with Crippen molar-refractivity contribution in [3.8, 4) is 11.3 Å². The molecule has 3 aromatic rings. The normalized spacial score (nSPS) is 19.0. The second-order valence-corrected chi connectivity index (χ2v) is 8.13. The zero-order chi connectivity index (χ0) is 22.1. The average Bonchev–Trinajstić information content (AvgIpc) is 3.16. The second kappa shape index (κ2) is 8.37. The maximum atomic E-state index is 12.0. The van der Waals surface area contributed by atoms with E-state index in [1.807, 2.05) is 42.3 Å². The first kappa shape index (κ1) is 20.8. The number of aromatic nitrogens is 3. The van der Waals surface area contributed by atoms with Gasteiger partial charge in [-0.25, -0.2) is 9.97 Å². The molecular weight excluding hydrogens is 392 g/mol. The Labute approximate surface area is 183 Å². The van der Waals surface area contributed by atoms with Gasteiger partial charge in [0.05, 0.1) is 17.6 Å². The van der Waals surface area contributed by atoms with Gasteiger partial charge in [0.2, 0.25) is 11.8 Å². The van der Waals surface area contributed by atoms with Gasteiger partial charge in [0.25, 0.3) is 0 Å². The van der Waals surface area contributed by atoms with Gasteiger partial charge in [0.1, 0.15) is 11.5 Å². The molecule has 0 aromatic carbocycles. The fraction of sp³-hybridized carbons (Fsp3) is 0.391. The standard InChI is InChI=1S/C23H28N6O2.H2/c1-5-22(31)26-17-9-18-19(11-25-23(18)24-10-17)20-7-6-8-21(27-20)28-12-14(2)29(16(4)30)15(3)13-28;/h6-11,14-15H,5,12-13H2,1-4H3,(H,24,25)(H,26,31);1H/t14-,15+;. The SMILES string of the molecule is CCC(=O)Nc1cnc2[nH]cc(-c3cccc(N4C[C@@H](C)N(C(C)=O)[C@@H](C)C4)n3)c2c1.[HH]. The van der Waals surface area contributed by atoms with Gasteiger partial charge in [-0.2, -0.15) is 0 Å². The summed E-state index contributed by atoms with van der Waals surface area (Å²) in [5.41, 5.74) is 3.17. The lowest BCUT2D eigenvalue weighted by Gasteiger charge is -2.44. The number of rotatable bonds is 4. The molecule has 0 radical (unpaired) electrons. The molecule has 3 aromatic heterocycles. The second-order valence-electron chi connectivity index (χ2n) is 8.13. The van der Waals surface area contributed by atoms with Gasteiger partial charge in [0, 0.05) is 57.1 Å².